The van der Waals surface area contributed by atoms with Crippen molar-refractivity contribution in [2.45, 2.75) is 13.0 Å². The van der Waals surface area contributed by atoms with E-state index < -0.39 is 0 Å². The molecule has 0 saturated carbocycles. The van der Waals surface area contributed by atoms with Gasteiger partial charge in [0.2, 0.25) is 0 Å². The van der Waals surface area contributed by atoms with Gasteiger partial charge in [0.05, 0.1) is 6.04 Å². The minimum Gasteiger partial charge on any atom is -0.321 e. The molecule has 0 aliphatic rings. The molecule has 0 fully saturated rings. The maximum absolute atomic E-state index is 5.74. The van der Waals surface area contributed by atoms with Gasteiger partial charge in [-0.1, -0.05) is 30.3 Å². The van der Waals surface area contributed by atoms with E-state index in [1.54, 1.807) is 4.68 Å². The first-order chi connectivity index (χ1) is 7.18. The van der Waals surface area contributed by atoms with Crippen molar-refractivity contribution in [1.82, 2.24) is 14.8 Å². The highest BCUT2D eigenvalue weighted by Crippen LogP contribution is 2.17. The van der Waals surface area contributed by atoms with E-state index in [1.165, 1.54) is 0 Å². The summed E-state index contributed by atoms with van der Waals surface area (Å²) in [6, 6.07) is 9.83. The third-order valence-corrected chi connectivity index (χ3v) is 2.22. The molecule has 0 saturated heterocycles. The lowest BCUT2D eigenvalue weighted by Crippen LogP contribution is -2.07. The number of hydrogen-bond donors (Lipinski definition) is 1. The number of hydrogen-bond acceptors (Lipinski definition) is 3. The van der Waals surface area contributed by atoms with E-state index in [9.17, 15) is 0 Å². The molecule has 1 aromatic carbocycles. The average Bonchev–Trinajstić information content (AvgIpc) is 2.62. The molecule has 78 valence electrons. The molecule has 4 nitrogen and oxygen atoms in total. The van der Waals surface area contributed by atoms with Crippen LogP contribution in [-0.4, -0.2) is 14.8 Å². The topological polar surface area (TPSA) is 56.7 Å². The summed E-state index contributed by atoms with van der Waals surface area (Å²) in [6.45, 7) is 1.88. The van der Waals surface area contributed by atoms with Crippen LogP contribution in [0.2, 0.25) is 0 Å². The zero-order valence-electron chi connectivity index (χ0n) is 8.88. The van der Waals surface area contributed by atoms with Gasteiger partial charge in [0.25, 0.3) is 0 Å². The van der Waals surface area contributed by atoms with Crippen LogP contribution in [0.4, 0.5) is 0 Å². The van der Waals surface area contributed by atoms with Gasteiger partial charge in [-0.3, -0.25) is 0 Å². The predicted octanol–water partition coefficient (Wildman–Crippen LogP) is 1.50. The fourth-order valence-corrected chi connectivity index (χ4v) is 1.44. The Balaban J connectivity index is 2.45. The smallest absolute Gasteiger partial charge is 0.167 e. The number of aromatic nitrogens is 3. The van der Waals surface area contributed by atoms with Crippen molar-refractivity contribution in [1.29, 1.82) is 0 Å². The Bertz CT molecular complexity index is 445. The first-order valence-electron chi connectivity index (χ1n) is 4.90. The van der Waals surface area contributed by atoms with Crippen LogP contribution >= 0.6 is 0 Å². The van der Waals surface area contributed by atoms with Gasteiger partial charge in [0.15, 0.2) is 11.6 Å². The Hall–Kier alpha value is -1.68. The highest BCUT2D eigenvalue weighted by molar-refractivity contribution is 5.54. The molecule has 15 heavy (non-hydrogen) atoms. The third kappa shape index (κ3) is 1.89. The first kappa shape index (κ1) is 9.86. The van der Waals surface area contributed by atoms with Crippen molar-refractivity contribution in [2.24, 2.45) is 12.8 Å². The minimum absolute atomic E-state index is 0.131. The second-order valence-corrected chi connectivity index (χ2v) is 3.57. The lowest BCUT2D eigenvalue weighted by Gasteiger charge is -1.97. The molecule has 1 atom stereocenters. The van der Waals surface area contributed by atoms with Gasteiger partial charge in [0.1, 0.15) is 0 Å². The molecule has 1 heterocycles. The van der Waals surface area contributed by atoms with E-state index in [1.807, 2.05) is 44.3 Å². The molecule has 0 radical (unpaired) electrons. The zero-order valence-corrected chi connectivity index (χ0v) is 8.88. The van der Waals surface area contributed by atoms with Gasteiger partial charge >= 0.3 is 0 Å². The van der Waals surface area contributed by atoms with Crippen molar-refractivity contribution in [3.05, 3.63) is 36.2 Å². The maximum Gasteiger partial charge on any atom is 0.167 e. The standard InChI is InChI=1S/C11H14N4/c1-8(12)10-13-11(15(2)14-10)9-6-4-3-5-7-9/h3-8H,12H2,1-2H3. The first-order valence-corrected chi connectivity index (χ1v) is 4.90. The number of nitrogens with two attached hydrogens (primary N) is 1. The Morgan fingerprint density at radius 2 is 1.93 bits per heavy atom. The summed E-state index contributed by atoms with van der Waals surface area (Å²) in [5.41, 5.74) is 6.79. The maximum atomic E-state index is 5.74. The van der Waals surface area contributed by atoms with Crippen LogP contribution in [0, 0.1) is 0 Å². The molecule has 1 unspecified atom stereocenters. The molecular formula is C11H14N4. The molecule has 0 amide bonds. The summed E-state index contributed by atoms with van der Waals surface area (Å²) in [4.78, 5) is 4.41. The van der Waals surface area contributed by atoms with Crippen molar-refractivity contribution in [2.75, 3.05) is 0 Å². The van der Waals surface area contributed by atoms with Gasteiger partial charge in [0, 0.05) is 12.6 Å². The van der Waals surface area contributed by atoms with Crippen LogP contribution in [-0.2, 0) is 7.05 Å². The molecule has 0 spiro atoms. The monoisotopic (exact) mass is 202 g/mol. The molecule has 0 aliphatic heterocycles. The quantitative estimate of drug-likeness (QED) is 0.803. The normalized spacial score (nSPS) is 12.7. The van der Waals surface area contributed by atoms with E-state index in [4.69, 9.17) is 5.73 Å². The van der Waals surface area contributed by atoms with E-state index in [2.05, 4.69) is 10.1 Å². The van der Waals surface area contributed by atoms with Crippen molar-refractivity contribution in [3.8, 4) is 11.4 Å². The van der Waals surface area contributed by atoms with Gasteiger partial charge in [-0.15, -0.1) is 0 Å². The van der Waals surface area contributed by atoms with E-state index in [-0.39, 0.29) is 6.04 Å². The van der Waals surface area contributed by atoms with Crippen LogP contribution in [0.3, 0.4) is 0 Å². The Morgan fingerprint density at radius 1 is 1.27 bits per heavy atom. The zero-order chi connectivity index (χ0) is 10.8. The SMILES string of the molecule is CC(N)c1nc(-c2ccccc2)n(C)n1. The average molecular weight is 202 g/mol. The highest BCUT2D eigenvalue weighted by Gasteiger charge is 2.11. The molecule has 2 N–H and O–H groups in total. The summed E-state index contributed by atoms with van der Waals surface area (Å²) >= 11 is 0. The van der Waals surface area contributed by atoms with E-state index >= 15 is 0 Å². The predicted molar refractivity (Wildman–Crippen MR) is 59.0 cm³/mol. The van der Waals surface area contributed by atoms with Gasteiger partial charge in [-0.05, 0) is 6.92 Å². The highest BCUT2D eigenvalue weighted by atomic mass is 15.3. The van der Waals surface area contributed by atoms with Gasteiger partial charge in [-0.25, -0.2) is 9.67 Å². The second-order valence-electron chi connectivity index (χ2n) is 3.57. The summed E-state index contributed by atoms with van der Waals surface area (Å²) in [5, 5.41) is 4.27. The van der Waals surface area contributed by atoms with E-state index in [0.29, 0.717) is 5.82 Å². The van der Waals surface area contributed by atoms with Crippen LogP contribution in [0.5, 0.6) is 0 Å². The lowest BCUT2D eigenvalue weighted by molar-refractivity contribution is 0.695. The number of aryl methyl sites for hydroxylation is 1. The second kappa shape index (κ2) is 3.82. The number of rotatable bonds is 2. The fraction of sp³-hybridized carbons (Fsp3) is 0.273. The molecule has 4 heteroatoms. The van der Waals surface area contributed by atoms with Gasteiger partial charge in [-0.2, -0.15) is 5.10 Å². The largest absolute Gasteiger partial charge is 0.321 e. The number of benzene rings is 1. The molecule has 0 aliphatic carbocycles. The Morgan fingerprint density at radius 3 is 2.47 bits per heavy atom. The summed E-state index contributed by atoms with van der Waals surface area (Å²) in [6.07, 6.45) is 0. The van der Waals surface area contributed by atoms with Crippen LogP contribution in [0.15, 0.2) is 30.3 Å². The molecule has 2 aromatic rings. The van der Waals surface area contributed by atoms with Gasteiger partial charge < -0.3 is 5.73 Å². The van der Waals surface area contributed by atoms with Crippen LogP contribution in [0.25, 0.3) is 11.4 Å². The summed E-state index contributed by atoms with van der Waals surface area (Å²) < 4.78 is 1.76. The molecule has 2 rings (SSSR count). The van der Waals surface area contributed by atoms with Crippen LogP contribution < -0.4 is 5.73 Å². The summed E-state index contributed by atoms with van der Waals surface area (Å²) in [7, 11) is 1.88. The third-order valence-electron chi connectivity index (χ3n) is 2.22. The minimum atomic E-state index is -0.131. The Kier molecular flexibility index (Phi) is 2.51. The fourth-order valence-electron chi connectivity index (χ4n) is 1.44. The summed E-state index contributed by atoms with van der Waals surface area (Å²) in [5.74, 6) is 1.53. The Labute approximate surface area is 88.8 Å². The number of nitrogens with zero attached hydrogens (tertiary/aromatic N) is 3. The molecular weight excluding hydrogens is 188 g/mol. The molecule has 1 aromatic heterocycles. The van der Waals surface area contributed by atoms with Crippen molar-refractivity contribution in [3.63, 3.8) is 0 Å². The lowest BCUT2D eigenvalue weighted by atomic mass is 10.2. The van der Waals surface area contributed by atoms with Crippen molar-refractivity contribution < 1.29 is 0 Å². The van der Waals surface area contributed by atoms with Crippen molar-refractivity contribution >= 4 is 0 Å². The van der Waals surface area contributed by atoms with E-state index in [0.717, 1.165) is 11.4 Å². The molecule has 0 bridgehead atoms. The van der Waals surface area contributed by atoms with Crippen LogP contribution in [0.1, 0.15) is 18.8 Å².